The minimum Gasteiger partial charge on any atom is -0.383 e. The number of methoxy groups -OCH3 is 1. The Morgan fingerprint density at radius 3 is 2.37 bits per heavy atom. The van der Waals surface area contributed by atoms with Crippen molar-refractivity contribution >= 4 is 5.69 Å². The lowest BCUT2D eigenvalue weighted by Gasteiger charge is -2.40. The van der Waals surface area contributed by atoms with Crippen LogP contribution in [0.3, 0.4) is 0 Å². The van der Waals surface area contributed by atoms with Crippen molar-refractivity contribution in [3.05, 3.63) is 71.6 Å². The molecule has 1 aliphatic heterocycles. The largest absolute Gasteiger partial charge is 0.383 e. The molecule has 1 fully saturated rings. The van der Waals surface area contributed by atoms with E-state index in [-0.39, 0.29) is 11.6 Å². The third-order valence-corrected chi connectivity index (χ3v) is 5.38. The second-order valence-electron chi connectivity index (χ2n) is 7.15. The number of anilines is 1. The van der Waals surface area contributed by atoms with Gasteiger partial charge in [0.05, 0.1) is 18.8 Å². The molecule has 0 amide bonds. The van der Waals surface area contributed by atoms with Gasteiger partial charge in [0, 0.05) is 38.9 Å². The van der Waals surface area contributed by atoms with E-state index >= 15 is 0 Å². The van der Waals surface area contributed by atoms with Crippen molar-refractivity contribution in [2.45, 2.75) is 12.6 Å². The van der Waals surface area contributed by atoms with Crippen LogP contribution in [0.15, 0.2) is 48.5 Å². The molecule has 7 nitrogen and oxygen atoms in total. The van der Waals surface area contributed by atoms with Gasteiger partial charge in [-0.3, -0.25) is 4.90 Å². The zero-order valence-electron chi connectivity index (χ0n) is 16.8. The number of nitrogens with zero attached hydrogens (tertiary/aromatic N) is 6. The monoisotopic (exact) mass is 414 g/mol. The van der Waals surface area contributed by atoms with Gasteiger partial charge < -0.3 is 9.64 Å². The van der Waals surface area contributed by atoms with Crippen LogP contribution in [0.5, 0.6) is 0 Å². The SMILES string of the molecule is COCCn1nnnc1C(c1ccccc1F)N1CCN(c2ccccc2F)CC1. The van der Waals surface area contributed by atoms with Crippen molar-refractivity contribution < 1.29 is 13.5 Å². The van der Waals surface area contributed by atoms with E-state index < -0.39 is 6.04 Å². The minimum atomic E-state index is -0.444. The summed E-state index contributed by atoms with van der Waals surface area (Å²) >= 11 is 0. The molecule has 0 spiro atoms. The van der Waals surface area contributed by atoms with Crippen LogP contribution in [0, 0.1) is 11.6 Å². The Morgan fingerprint density at radius 2 is 1.67 bits per heavy atom. The Kier molecular flexibility index (Phi) is 6.29. The zero-order chi connectivity index (χ0) is 20.9. The fourth-order valence-electron chi connectivity index (χ4n) is 3.87. The summed E-state index contributed by atoms with van der Waals surface area (Å²) < 4.78 is 35.8. The van der Waals surface area contributed by atoms with Crippen molar-refractivity contribution in [3.63, 3.8) is 0 Å². The normalized spacial score (nSPS) is 16.0. The van der Waals surface area contributed by atoms with E-state index in [1.165, 1.54) is 12.1 Å². The minimum absolute atomic E-state index is 0.236. The predicted molar refractivity (Wildman–Crippen MR) is 108 cm³/mol. The number of aromatic nitrogens is 4. The summed E-state index contributed by atoms with van der Waals surface area (Å²) in [5, 5.41) is 12.1. The number of benzene rings is 2. The zero-order valence-corrected chi connectivity index (χ0v) is 16.8. The highest BCUT2D eigenvalue weighted by molar-refractivity contribution is 5.48. The van der Waals surface area contributed by atoms with Crippen LogP contribution in [0.1, 0.15) is 17.4 Å². The maximum atomic E-state index is 14.8. The molecule has 0 N–H and O–H groups in total. The van der Waals surface area contributed by atoms with E-state index in [9.17, 15) is 8.78 Å². The highest BCUT2D eigenvalue weighted by Crippen LogP contribution is 2.31. The van der Waals surface area contributed by atoms with E-state index in [4.69, 9.17) is 4.74 Å². The molecular weight excluding hydrogens is 390 g/mol. The summed E-state index contributed by atoms with van der Waals surface area (Å²) in [7, 11) is 1.61. The molecule has 9 heteroatoms. The van der Waals surface area contributed by atoms with Gasteiger partial charge in [0.2, 0.25) is 0 Å². The van der Waals surface area contributed by atoms with Gasteiger partial charge in [0.15, 0.2) is 5.82 Å². The number of ether oxygens (including phenoxy) is 1. The van der Waals surface area contributed by atoms with E-state index in [1.807, 2.05) is 17.0 Å². The van der Waals surface area contributed by atoms with Crippen LogP contribution in [0.2, 0.25) is 0 Å². The van der Waals surface area contributed by atoms with Gasteiger partial charge in [-0.15, -0.1) is 5.10 Å². The quantitative estimate of drug-likeness (QED) is 0.592. The second kappa shape index (κ2) is 9.27. The van der Waals surface area contributed by atoms with E-state index in [2.05, 4.69) is 20.4 Å². The summed E-state index contributed by atoms with van der Waals surface area (Å²) in [6.07, 6.45) is 0. The lowest BCUT2D eigenvalue weighted by atomic mass is 10.0. The number of hydrogen-bond acceptors (Lipinski definition) is 6. The number of tetrazole rings is 1. The summed E-state index contributed by atoms with van der Waals surface area (Å²) in [4.78, 5) is 4.16. The van der Waals surface area contributed by atoms with Crippen LogP contribution in [-0.2, 0) is 11.3 Å². The van der Waals surface area contributed by atoms with Crippen LogP contribution in [-0.4, -0.2) is 65.0 Å². The van der Waals surface area contributed by atoms with Gasteiger partial charge >= 0.3 is 0 Å². The number of rotatable bonds is 7. The molecule has 1 unspecified atom stereocenters. The molecule has 0 aliphatic carbocycles. The van der Waals surface area contributed by atoms with Gasteiger partial charge in [-0.2, -0.15) is 0 Å². The number of halogens is 2. The molecule has 158 valence electrons. The first kappa shape index (κ1) is 20.4. The molecule has 1 aromatic heterocycles. The molecule has 3 aromatic rings. The van der Waals surface area contributed by atoms with Gasteiger partial charge in [-0.1, -0.05) is 30.3 Å². The maximum Gasteiger partial charge on any atom is 0.173 e. The Hall–Kier alpha value is -2.91. The van der Waals surface area contributed by atoms with Gasteiger partial charge in [-0.25, -0.2) is 13.5 Å². The molecule has 0 radical (unpaired) electrons. The standard InChI is InChI=1S/C21H24F2N6O/c1-30-15-14-29-21(24-25-26-29)20(16-6-2-3-7-17(16)22)28-12-10-27(11-13-28)19-9-5-4-8-18(19)23/h2-9,20H,10-15H2,1H3. The topological polar surface area (TPSA) is 59.3 Å². The van der Waals surface area contributed by atoms with E-state index in [0.29, 0.717) is 56.4 Å². The van der Waals surface area contributed by atoms with E-state index in [0.717, 1.165) is 0 Å². The average Bonchev–Trinajstić information content (AvgIpc) is 3.23. The summed E-state index contributed by atoms with van der Waals surface area (Å²) in [5.74, 6) is 0.0249. The Balaban J connectivity index is 1.61. The lowest BCUT2D eigenvalue weighted by molar-refractivity contribution is 0.170. The predicted octanol–water partition coefficient (Wildman–Crippen LogP) is 2.51. The number of piperazine rings is 1. The van der Waals surface area contributed by atoms with Crippen molar-refractivity contribution in [1.29, 1.82) is 0 Å². The van der Waals surface area contributed by atoms with Gasteiger partial charge in [0.1, 0.15) is 17.7 Å². The van der Waals surface area contributed by atoms with Crippen LogP contribution in [0.25, 0.3) is 0 Å². The first-order chi connectivity index (χ1) is 14.7. The molecule has 0 saturated carbocycles. The Bertz CT molecular complexity index is 973. The summed E-state index contributed by atoms with van der Waals surface area (Å²) in [6, 6.07) is 13.0. The molecule has 0 bridgehead atoms. The van der Waals surface area contributed by atoms with Crippen molar-refractivity contribution in [3.8, 4) is 0 Å². The molecule has 1 aliphatic rings. The fourth-order valence-corrected chi connectivity index (χ4v) is 3.87. The van der Waals surface area contributed by atoms with Gasteiger partial charge in [0.25, 0.3) is 0 Å². The van der Waals surface area contributed by atoms with Crippen molar-refractivity contribution in [2.75, 3.05) is 44.8 Å². The van der Waals surface area contributed by atoms with Crippen LogP contribution < -0.4 is 4.90 Å². The molecule has 30 heavy (non-hydrogen) atoms. The highest BCUT2D eigenvalue weighted by Gasteiger charge is 2.32. The fraction of sp³-hybridized carbons (Fsp3) is 0.381. The van der Waals surface area contributed by atoms with E-state index in [1.54, 1.807) is 36.1 Å². The summed E-state index contributed by atoms with van der Waals surface area (Å²) in [6.45, 7) is 3.38. The number of para-hydroxylation sites is 1. The first-order valence-electron chi connectivity index (χ1n) is 9.92. The van der Waals surface area contributed by atoms with Gasteiger partial charge in [-0.05, 0) is 28.6 Å². The smallest absolute Gasteiger partial charge is 0.173 e. The molecule has 4 rings (SSSR count). The molecular formula is C21H24F2N6O. The molecule has 2 heterocycles. The average molecular weight is 414 g/mol. The summed E-state index contributed by atoms with van der Waals surface area (Å²) in [5.41, 5.74) is 1.11. The molecule has 2 aromatic carbocycles. The second-order valence-corrected chi connectivity index (χ2v) is 7.15. The van der Waals surface area contributed by atoms with Crippen LogP contribution >= 0.6 is 0 Å². The third kappa shape index (κ3) is 4.17. The van der Waals surface area contributed by atoms with Crippen LogP contribution in [0.4, 0.5) is 14.5 Å². The Morgan fingerprint density at radius 1 is 0.967 bits per heavy atom. The first-order valence-corrected chi connectivity index (χ1v) is 9.92. The highest BCUT2D eigenvalue weighted by atomic mass is 19.1. The maximum absolute atomic E-state index is 14.8. The van der Waals surface area contributed by atoms with Crippen molar-refractivity contribution in [1.82, 2.24) is 25.1 Å². The Labute approximate surface area is 173 Å². The molecule has 1 saturated heterocycles. The third-order valence-electron chi connectivity index (χ3n) is 5.38. The van der Waals surface area contributed by atoms with Crippen molar-refractivity contribution in [2.24, 2.45) is 0 Å². The number of hydrogen-bond donors (Lipinski definition) is 0. The molecule has 1 atom stereocenters. The lowest BCUT2D eigenvalue weighted by Crippen LogP contribution is -2.48.